The molecule has 56 valence electrons. The zero-order chi connectivity index (χ0) is 7.78. The molecule has 1 rings (SSSR count). The Kier molecular flexibility index (Phi) is 1.88. The summed E-state index contributed by atoms with van der Waals surface area (Å²) < 4.78 is 2.04. The van der Waals surface area contributed by atoms with Crippen molar-refractivity contribution in [1.82, 2.24) is 0 Å². The maximum atomic E-state index is 5.87. The summed E-state index contributed by atoms with van der Waals surface area (Å²) in [5.41, 5.74) is 5.61. The van der Waals surface area contributed by atoms with Crippen LogP contribution in [-0.4, -0.2) is 22.8 Å². The molecule has 0 spiro atoms. The molecule has 0 saturated carbocycles. The number of hydrogen-bond acceptors (Lipinski definition) is 2. The predicted molar refractivity (Wildman–Crippen MR) is 46.2 cm³/mol. The topological polar surface area (TPSA) is 29.0 Å². The predicted octanol–water partition coefficient (Wildman–Crippen LogP) is 0.983. The summed E-state index contributed by atoms with van der Waals surface area (Å²) in [6.45, 7) is 4.06. The van der Waals surface area contributed by atoms with Gasteiger partial charge in [0.25, 0.3) is 0 Å². The van der Waals surface area contributed by atoms with Crippen molar-refractivity contribution in [2.45, 2.75) is 19.4 Å². The van der Waals surface area contributed by atoms with Gasteiger partial charge in [-0.3, -0.25) is 0 Å². The van der Waals surface area contributed by atoms with E-state index in [1.54, 1.807) is 11.9 Å². The van der Waals surface area contributed by atoms with Gasteiger partial charge in [0, 0.05) is 4.91 Å². The van der Waals surface area contributed by atoms with Gasteiger partial charge in [0.15, 0.2) is 18.2 Å². The summed E-state index contributed by atoms with van der Waals surface area (Å²) in [4.78, 5) is 1.26. The maximum Gasteiger partial charge on any atom is 0.191 e. The molecule has 3 heteroatoms. The van der Waals surface area contributed by atoms with Crippen LogP contribution < -0.4 is 5.73 Å². The summed E-state index contributed by atoms with van der Waals surface area (Å²) in [5, 5.41) is 0. The highest BCUT2D eigenvalue weighted by Crippen LogP contribution is 2.21. The second kappa shape index (κ2) is 2.40. The van der Waals surface area contributed by atoms with Crippen LogP contribution in [0.3, 0.4) is 0 Å². The third kappa shape index (κ3) is 1.85. The Bertz CT molecular complexity index is 184. The molecule has 2 N–H and O–H groups in total. The largest absolute Gasteiger partial charge is 0.314 e. The molecule has 0 saturated heterocycles. The molecule has 0 aromatic heterocycles. The molecule has 0 fully saturated rings. The zero-order valence-electron chi connectivity index (χ0n) is 6.59. The third-order valence-electron chi connectivity index (χ3n) is 1.26. The molecule has 1 heterocycles. The van der Waals surface area contributed by atoms with Gasteiger partial charge in [0.2, 0.25) is 0 Å². The molecule has 0 amide bonds. The van der Waals surface area contributed by atoms with E-state index in [0.717, 1.165) is 0 Å². The van der Waals surface area contributed by atoms with E-state index >= 15 is 0 Å². The van der Waals surface area contributed by atoms with Gasteiger partial charge >= 0.3 is 0 Å². The van der Waals surface area contributed by atoms with Crippen molar-refractivity contribution in [2.24, 2.45) is 5.73 Å². The van der Waals surface area contributed by atoms with Crippen molar-refractivity contribution < 1.29 is 3.98 Å². The van der Waals surface area contributed by atoms with E-state index in [2.05, 4.69) is 13.0 Å². The average Bonchev–Trinajstić information content (AvgIpc) is 1.54. The summed E-state index contributed by atoms with van der Waals surface area (Å²) in [6, 6.07) is 0. The minimum Gasteiger partial charge on any atom is -0.314 e. The molecule has 0 aliphatic carbocycles. The Morgan fingerprint density at radius 2 is 2.30 bits per heavy atom. The standard InChI is InChI=1S/C7H13N2S/c1-6-4-7(2,8)5-9(3)10-6/h4-5H,8H2,1-3H3/q+1. The highest BCUT2D eigenvalue weighted by atomic mass is 32.2. The zero-order valence-corrected chi connectivity index (χ0v) is 7.40. The Balaban J connectivity index is 2.88. The third-order valence-corrected chi connectivity index (χ3v) is 2.06. The molecule has 1 aliphatic heterocycles. The molecule has 0 bridgehead atoms. The van der Waals surface area contributed by atoms with Crippen LogP contribution in [0.2, 0.25) is 0 Å². The molecule has 1 aliphatic rings. The summed E-state index contributed by atoms with van der Waals surface area (Å²) in [6.07, 6.45) is 4.07. The van der Waals surface area contributed by atoms with Gasteiger partial charge < -0.3 is 5.73 Å². The normalized spacial score (nSPS) is 33.2. The lowest BCUT2D eigenvalue weighted by atomic mass is 10.1. The Labute approximate surface area is 65.9 Å². The van der Waals surface area contributed by atoms with Gasteiger partial charge in [-0.25, -0.2) is 0 Å². The first-order valence-electron chi connectivity index (χ1n) is 3.25. The molecule has 1 unspecified atom stereocenters. The average molecular weight is 157 g/mol. The van der Waals surface area contributed by atoms with E-state index in [9.17, 15) is 0 Å². The summed E-state index contributed by atoms with van der Waals surface area (Å²) in [7, 11) is 2.01. The van der Waals surface area contributed by atoms with Crippen molar-refractivity contribution in [3.63, 3.8) is 0 Å². The van der Waals surface area contributed by atoms with Crippen LogP contribution in [0.15, 0.2) is 11.0 Å². The molecular formula is C7H13N2S+. The lowest BCUT2D eigenvalue weighted by molar-refractivity contribution is -0.303. The lowest BCUT2D eigenvalue weighted by Crippen LogP contribution is -2.39. The van der Waals surface area contributed by atoms with Crippen LogP contribution in [0.5, 0.6) is 0 Å². The lowest BCUT2D eigenvalue weighted by Gasteiger charge is -2.16. The van der Waals surface area contributed by atoms with Crippen molar-refractivity contribution in [3.8, 4) is 0 Å². The van der Waals surface area contributed by atoms with E-state index in [-0.39, 0.29) is 5.54 Å². The Hall–Kier alpha value is -0.280. The van der Waals surface area contributed by atoms with Crippen molar-refractivity contribution in [3.05, 3.63) is 11.0 Å². The monoisotopic (exact) mass is 157 g/mol. The highest BCUT2D eigenvalue weighted by molar-refractivity contribution is 7.97. The van der Waals surface area contributed by atoms with Gasteiger partial charge in [-0.2, -0.15) is 3.98 Å². The van der Waals surface area contributed by atoms with Gasteiger partial charge in [-0.1, -0.05) is 0 Å². The Morgan fingerprint density at radius 3 is 2.70 bits per heavy atom. The first-order valence-corrected chi connectivity index (χ1v) is 4.02. The van der Waals surface area contributed by atoms with Crippen LogP contribution in [0.25, 0.3) is 0 Å². The van der Waals surface area contributed by atoms with Gasteiger partial charge in [-0.05, 0) is 19.9 Å². The summed E-state index contributed by atoms with van der Waals surface area (Å²) in [5.74, 6) is 0. The SMILES string of the molecule is CC1=CC(C)(N)C=[N+](C)S1. The number of hydrogen-bond donors (Lipinski definition) is 1. The van der Waals surface area contributed by atoms with E-state index in [4.69, 9.17) is 5.73 Å². The molecular weight excluding hydrogens is 144 g/mol. The minimum atomic E-state index is -0.260. The van der Waals surface area contributed by atoms with Gasteiger partial charge in [0.1, 0.15) is 12.6 Å². The highest BCUT2D eigenvalue weighted by Gasteiger charge is 2.23. The molecule has 0 aromatic rings. The van der Waals surface area contributed by atoms with Gasteiger partial charge in [0.05, 0.1) is 0 Å². The fourth-order valence-corrected chi connectivity index (χ4v) is 2.19. The fraction of sp³-hybridized carbons (Fsp3) is 0.571. The van der Waals surface area contributed by atoms with E-state index in [1.165, 1.54) is 4.91 Å². The fourth-order valence-electron chi connectivity index (χ4n) is 1.15. The smallest absolute Gasteiger partial charge is 0.191 e. The van der Waals surface area contributed by atoms with Crippen LogP contribution in [0.1, 0.15) is 13.8 Å². The number of rotatable bonds is 0. The van der Waals surface area contributed by atoms with Crippen molar-refractivity contribution in [2.75, 3.05) is 7.05 Å². The van der Waals surface area contributed by atoms with Crippen molar-refractivity contribution in [1.29, 1.82) is 0 Å². The van der Waals surface area contributed by atoms with Crippen LogP contribution in [0, 0.1) is 0 Å². The number of allylic oxidation sites excluding steroid dienone is 1. The Morgan fingerprint density at radius 1 is 1.70 bits per heavy atom. The number of nitrogens with two attached hydrogens (primary N) is 1. The van der Waals surface area contributed by atoms with E-state index in [0.29, 0.717) is 0 Å². The first-order chi connectivity index (χ1) is 4.49. The molecule has 1 atom stereocenters. The van der Waals surface area contributed by atoms with Crippen molar-refractivity contribution >= 4 is 18.2 Å². The van der Waals surface area contributed by atoms with E-state index in [1.807, 2.05) is 24.2 Å². The molecule has 10 heavy (non-hydrogen) atoms. The second-order valence-corrected chi connectivity index (χ2v) is 4.29. The number of nitrogens with zero attached hydrogens (tertiary/aromatic N) is 1. The van der Waals surface area contributed by atoms with Crippen LogP contribution in [0.4, 0.5) is 0 Å². The first kappa shape index (κ1) is 7.82. The molecule has 2 nitrogen and oxygen atoms in total. The quantitative estimate of drug-likeness (QED) is 0.419. The maximum absolute atomic E-state index is 5.87. The molecule has 0 aromatic carbocycles. The minimum absolute atomic E-state index is 0.260. The van der Waals surface area contributed by atoms with Crippen LogP contribution >= 0.6 is 11.9 Å². The van der Waals surface area contributed by atoms with Gasteiger partial charge in [-0.15, -0.1) is 0 Å². The second-order valence-electron chi connectivity index (χ2n) is 2.89. The van der Waals surface area contributed by atoms with E-state index < -0.39 is 0 Å². The summed E-state index contributed by atoms with van der Waals surface area (Å²) >= 11 is 1.70. The molecule has 0 radical (unpaired) electrons. The van der Waals surface area contributed by atoms with Crippen LogP contribution in [-0.2, 0) is 0 Å².